The fourth-order valence-corrected chi connectivity index (χ4v) is 3.44. The van der Waals surface area contributed by atoms with Crippen molar-refractivity contribution in [2.45, 2.75) is 58.1 Å². The summed E-state index contributed by atoms with van der Waals surface area (Å²) in [6, 6.07) is 0.211. The third-order valence-corrected chi connectivity index (χ3v) is 5.04. The second kappa shape index (κ2) is 8.22. The van der Waals surface area contributed by atoms with Gasteiger partial charge in [0.05, 0.1) is 12.1 Å². The van der Waals surface area contributed by atoms with Crippen LogP contribution in [-0.2, 0) is 11.2 Å². The Morgan fingerprint density at radius 1 is 1.26 bits per heavy atom. The predicted molar refractivity (Wildman–Crippen MR) is 88.3 cm³/mol. The molecule has 0 spiro atoms. The fourth-order valence-electron chi connectivity index (χ4n) is 3.44. The van der Waals surface area contributed by atoms with Gasteiger partial charge in [-0.3, -0.25) is 9.80 Å². The fraction of sp³-hybridized carbons (Fsp3) is 0.882. The summed E-state index contributed by atoms with van der Waals surface area (Å²) in [5.41, 5.74) is 0. The Balaban J connectivity index is 1.45. The van der Waals surface area contributed by atoms with Crippen LogP contribution in [0.25, 0.3) is 0 Å². The molecule has 6 nitrogen and oxygen atoms in total. The minimum Gasteiger partial charge on any atom is -0.377 e. The average Bonchev–Trinajstić information content (AvgIpc) is 3.24. The number of hydrogen-bond donors (Lipinski definition) is 0. The van der Waals surface area contributed by atoms with E-state index in [1.165, 1.54) is 12.8 Å². The molecule has 2 atom stereocenters. The number of aryl methyl sites for hydroxylation is 1. The van der Waals surface area contributed by atoms with Crippen LogP contribution in [-0.4, -0.2) is 65.4 Å². The molecule has 2 saturated heterocycles. The van der Waals surface area contributed by atoms with Gasteiger partial charge in [-0.1, -0.05) is 18.5 Å². The lowest BCUT2D eigenvalue weighted by atomic mass is 10.2. The zero-order valence-electron chi connectivity index (χ0n) is 14.5. The smallest absolute Gasteiger partial charge is 0.243 e. The SMILES string of the molecule is CCCCc1noc(C(C)N2CCN(CC3CCCO3)CC2)n1. The lowest BCUT2D eigenvalue weighted by molar-refractivity contribution is 0.0379. The molecule has 130 valence electrons. The summed E-state index contributed by atoms with van der Waals surface area (Å²) in [6.07, 6.45) is 6.10. The maximum absolute atomic E-state index is 5.75. The largest absolute Gasteiger partial charge is 0.377 e. The molecule has 0 aliphatic carbocycles. The summed E-state index contributed by atoms with van der Waals surface area (Å²) in [4.78, 5) is 9.55. The van der Waals surface area contributed by atoms with Crippen LogP contribution in [0.3, 0.4) is 0 Å². The van der Waals surface area contributed by atoms with Gasteiger partial charge in [-0.05, 0) is 26.2 Å². The van der Waals surface area contributed by atoms with Crippen molar-refractivity contribution in [2.24, 2.45) is 0 Å². The van der Waals surface area contributed by atoms with Gasteiger partial charge >= 0.3 is 0 Å². The van der Waals surface area contributed by atoms with Gasteiger partial charge in [-0.15, -0.1) is 0 Å². The van der Waals surface area contributed by atoms with E-state index in [0.29, 0.717) is 6.10 Å². The molecule has 2 aliphatic rings. The Kier molecular flexibility index (Phi) is 6.02. The standard InChI is InChI=1S/C17H30N4O2/c1-3-4-7-16-18-17(23-19-16)14(2)21-10-8-20(9-11-21)13-15-6-5-12-22-15/h14-15H,3-13H2,1-2H3. The van der Waals surface area contributed by atoms with Crippen LogP contribution < -0.4 is 0 Å². The molecule has 6 heteroatoms. The van der Waals surface area contributed by atoms with Crippen LogP contribution in [0, 0.1) is 0 Å². The molecular formula is C17H30N4O2. The lowest BCUT2D eigenvalue weighted by Crippen LogP contribution is -2.49. The molecule has 3 heterocycles. The van der Waals surface area contributed by atoms with Gasteiger partial charge in [0, 0.05) is 45.8 Å². The van der Waals surface area contributed by atoms with E-state index in [9.17, 15) is 0 Å². The Morgan fingerprint density at radius 2 is 2.09 bits per heavy atom. The third kappa shape index (κ3) is 4.52. The van der Waals surface area contributed by atoms with Crippen molar-refractivity contribution >= 4 is 0 Å². The second-order valence-corrected chi connectivity index (χ2v) is 6.80. The molecule has 3 rings (SSSR count). The molecule has 23 heavy (non-hydrogen) atoms. The van der Waals surface area contributed by atoms with Crippen molar-refractivity contribution in [1.82, 2.24) is 19.9 Å². The van der Waals surface area contributed by atoms with Crippen molar-refractivity contribution in [3.05, 3.63) is 11.7 Å². The number of unbranched alkanes of at least 4 members (excludes halogenated alkanes) is 1. The van der Waals surface area contributed by atoms with Gasteiger partial charge in [0.2, 0.25) is 5.89 Å². The molecule has 0 aromatic carbocycles. The highest BCUT2D eigenvalue weighted by atomic mass is 16.5. The summed E-state index contributed by atoms with van der Waals surface area (Å²) in [6.45, 7) is 10.7. The summed E-state index contributed by atoms with van der Waals surface area (Å²) in [5.74, 6) is 1.62. The molecule has 2 unspecified atom stereocenters. The molecule has 0 N–H and O–H groups in total. The van der Waals surface area contributed by atoms with E-state index in [-0.39, 0.29) is 6.04 Å². The second-order valence-electron chi connectivity index (χ2n) is 6.80. The van der Waals surface area contributed by atoms with Crippen LogP contribution in [0.15, 0.2) is 4.52 Å². The average molecular weight is 322 g/mol. The monoisotopic (exact) mass is 322 g/mol. The minimum atomic E-state index is 0.211. The molecule has 2 aliphatic heterocycles. The predicted octanol–water partition coefficient (Wildman–Crippen LogP) is 2.27. The quantitative estimate of drug-likeness (QED) is 0.767. The van der Waals surface area contributed by atoms with Crippen LogP contribution in [0.4, 0.5) is 0 Å². The number of nitrogens with zero attached hydrogens (tertiary/aromatic N) is 4. The Hall–Kier alpha value is -0.980. The van der Waals surface area contributed by atoms with Crippen molar-refractivity contribution in [3.8, 4) is 0 Å². The summed E-state index contributed by atoms with van der Waals surface area (Å²) < 4.78 is 11.2. The topological polar surface area (TPSA) is 54.6 Å². The Bertz CT molecular complexity index is 465. The van der Waals surface area contributed by atoms with Crippen LogP contribution >= 0.6 is 0 Å². The van der Waals surface area contributed by atoms with Crippen LogP contribution in [0.2, 0.25) is 0 Å². The van der Waals surface area contributed by atoms with E-state index in [4.69, 9.17) is 9.26 Å². The molecule has 0 amide bonds. The molecule has 2 fully saturated rings. The number of ether oxygens (including phenoxy) is 1. The summed E-state index contributed by atoms with van der Waals surface area (Å²) >= 11 is 0. The zero-order valence-corrected chi connectivity index (χ0v) is 14.5. The Labute approximate surface area is 139 Å². The molecule has 1 aromatic rings. The maximum Gasteiger partial charge on any atom is 0.243 e. The first-order chi connectivity index (χ1) is 11.3. The lowest BCUT2D eigenvalue weighted by Gasteiger charge is -2.37. The van der Waals surface area contributed by atoms with E-state index < -0.39 is 0 Å². The zero-order chi connectivity index (χ0) is 16.1. The highest BCUT2D eigenvalue weighted by molar-refractivity contribution is 4.93. The summed E-state index contributed by atoms with van der Waals surface area (Å²) in [5, 5.41) is 4.11. The number of rotatable bonds is 7. The number of hydrogen-bond acceptors (Lipinski definition) is 6. The van der Waals surface area contributed by atoms with Gasteiger partial charge < -0.3 is 9.26 Å². The molecular weight excluding hydrogens is 292 g/mol. The van der Waals surface area contributed by atoms with E-state index in [0.717, 1.165) is 70.3 Å². The summed E-state index contributed by atoms with van der Waals surface area (Å²) in [7, 11) is 0. The van der Waals surface area contributed by atoms with Crippen molar-refractivity contribution in [3.63, 3.8) is 0 Å². The van der Waals surface area contributed by atoms with E-state index in [1.54, 1.807) is 0 Å². The van der Waals surface area contributed by atoms with Crippen molar-refractivity contribution < 1.29 is 9.26 Å². The van der Waals surface area contributed by atoms with E-state index in [1.807, 2.05) is 0 Å². The van der Waals surface area contributed by atoms with Crippen LogP contribution in [0.1, 0.15) is 57.3 Å². The molecule has 0 saturated carbocycles. The number of aromatic nitrogens is 2. The van der Waals surface area contributed by atoms with Gasteiger partial charge in [0.25, 0.3) is 0 Å². The highest BCUT2D eigenvalue weighted by Crippen LogP contribution is 2.21. The van der Waals surface area contributed by atoms with Gasteiger partial charge in [-0.25, -0.2) is 0 Å². The normalized spacial score (nSPS) is 25.0. The van der Waals surface area contributed by atoms with Crippen LogP contribution in [0.5, 0.6) is 0 Å². The van der Waals surface area contributed by atoms with Gasteiger partial charge in [-0.2, -0.15) is 4.98 Å². The van der Waals surface area contributed by atoms with E-state index >= 15 is 0 Å². The van der Waals surface area contributed by atoms with Crippen molar-refractivity contribution in [2.75, 3.05) is 39.3 Å². The first-order valence-corrected chi connectivity index (χ1v) is 9.16. The van der Waals surface area contributed by atoms with Gasteiger partial charge in [0.15, 0.2) is 5.82 Å². The first kappa shape index (κ1) is 16.9. The van der Waals surface area contributed by atoms with E-state index in [2.05, 4.69) is 33.8 Å². The number of piperazine rings is 1. The minimum absolute atomic E-state index is 0.211. The first-order valence-electron chi connectivity index (χ1n) is 9.16. The van der Waals surface area contributed by atoms with Crippen molar-refractivity contribution in [1.29, 1.82) is 0 Å². The Morgan fingerprint density at radius 3 is 2.78 bits per heavy atom. The molecule has 0 bridgehead atoms. The molecule has 0 radical (unpaired) electrons. The van der Waals surface area contributed by atoms with Gasteiger partial charge in [0.1, 0.15) is 0 Å². The third-order valence-electron chi connectivity index (χ3n) is 5.04. The maximum atomic E-state index is 5.75. The molecule has 1 aromatic heterocycles. The highest BCUT2D eigenvalue weighted by Gasteiger charge is 2.27.